The molecule has 1 heterocycles. The average Bonchev–Trinajstić information content (AvgIpc) is 2.92. The van der Waals surface area contributed by atoms with Crippen LogP contribution in [0.25, 0.3) is 0 Å². The topological polar surface area (TPSA) is 49.4 Å². The zero-order valence-corrected chi connectivity index (χ0v) is 12.9. The Morgan fingerprint density at radius 1 is 1.22 bits per heavy atom. The molecule has 2 aromatic carbocycles. The summed E-state index contributed by atoms with van der Waals surface area (Å²) >= 11 is 5.68. The number of rotatable bonds is 3. The average molecular weight is 333 g/mol. The lowest BCUT2D eigenvalue weighted by Crippen LogP contribution is -2.41. The second-order valence-electron chi connectivity index (χ2n) is 5.27. The lowest BCUT2D eigenvalue weighted by molar-refractivity contribution is -0.118. The number of amides is 2. The maximum atomic E-state index is 13.1. The Morgan fingerprint density at radius 2 is 1.96 bits per heavy atom. The summed E-state index contributed by atoms with van der Waals surface area (Å²) in [5, 5.41) is 2.56. The van der Waals surface area contributed by atoms with Crippen molar-refractivity contribution in [2.75, 3.05) is 11.4 Å². The van der Waals surface area contributed by atoms with Crippen molar-refractivity contribution in [1.82, 2.24) is 5.32 Å². The molecule has 2 aromatic rings. The van der Waals surface area contributed by atoms with Gasteiger partial charge >= 0.3 is 0 Å². The molecule has 0 saturated carbocycles. The summed E-state index contributed by atoms with van der Waals surface area (Å²) in [7, 11) is 0. The molecule has 1 saturated heterocycles. The Balaban J connectivity index is 1.70. The van der Waals surface area contributed by atoms with Gasteiger partial charge in [-0.25, -0.2) is 4.39 Å². The zero-order valence-electron chi connectivity index (χ0n) is 12.1. The van der Waals surface area contributed by atoms with Crippen molar-refractivity contribution >= 4 is 29.1 Å². The number of anilines is 1. The molecular weight excluding hydrogens is 319 g/mol. The van der Waals surface area contributed by atoms with E-state index in [-0.39, 0.29) is 16.5 Å². The number of hydrogen-bond acceptors (Lipinski definition) is 2. The van der Waals surface area contributed by atoms with Gasteiger partial charge in [0.25, 0.3) is 5.91 Å². The van der Waals surface area contributed by atoms with Crippen LogP contribution in [0.2, 0.25) is 5.02 Å². The van der Waals surface area contributed by atoms with Crippen LogP contribution in [0.3, 0.4) is 0 Å². The SMILES string of the molecule is O=C(NC1CCN(c2ccccc2)C1=O)c1ccc(F)c(Cl)c1. The fraction of sp³-hybridized carbons (Fsp3) is 0.176. The number of nitrogens with zero attached hydrogens (tertiary/aromatic N) is 1. The van der Waals surface area contributed by atoms with Crippen LogP contribution in [0.4, 0.5) is 10.1 Å². The molecule has 1 fully saturated rings. The molecule has 1 aliphatic heterocycles. The molecule has 1 aliphatic rings. The van der Waals surface area contributed by atoms with E-state index in [0.29, 0.717) is 13.0 Å². The Kier molecular flexibility index (Phi) is 4.30. The lowest BCUT2D eigenvalue weighted by Gasteiger charge is -2.17. The van der Waals surface area contributed by atoms with Gasteiger partial charge in [-0.3, -0.25) is 9.59 Å². The van der Waals surface area contributed by atoms with Gasteiger partial charge in [-0.1, -0.05) is 29.8 Å². The van der Waals surface area contributed by atoms with Crippen molar-refractivity contribution in [3.8, 4) is 0 Å². The van der Waals surface area contributed by atoms with Crippen molar-refractivity contribution in [2.24, 2.45) is 0 Å². The number of nitrogens with one attached hydrogen (secondary N) is 1. The Morgan fingerprint density at radius 3 is 2.65 bits per heavy atom. The minimum Gasteiger partial charge on any atom is -0.340 e. The van der Waals surface area contributed by atoms with Crippen LogP contribution >= 0.6 is 11.6 Å². The van der Waals surface area contributed by atoms with E-state index >= 15 is 0 Å². The quantitative estimate of drug-likeness (QED) is 0.939. The highest BCUT2D eigenvalue weighted by molar-refractivity contribution is 6.31. The van der Waals surface area contributed by atoms with E-state index < -0.39 is 17.8 Å². The van der Waals surface area contributed by atoms with Crippen molar-refractivity contribution < 1.29 is 14.0 Å². The van der Waals surface area contributed by atoms with E-state index in [1.807, 2.05) is 30.3 Å². The number of halogens is 2. The largest absolute Gasteiger partial charge is 0.340 e. The summed E-state index contributed by atoms with van der Waals surface area (Å²) in [6.45, 7) is 0.540. The standard InChI is InChI=1S/C17H14ClFN2O2/c18-13-10-11(6-7-14(13)19)16(22)20-15-8-9-21(17(15)23)12-4-2-1-3-5-12/h1-7,10,15H,8-9H2,(H,20,22). The van der Waals surface area contributed by atoms with Gasteiger partial charge in [0.15, 0.2) is 0 Å². The monoisotopic (exact) mass is 332 g/mol. The van der Waals surface area contributed by atoms with Gasteiger partial charge in [0.1, 0.15) is 11.9 Å². The van der Waals surface area contributed by atoms with Gasteiger partial charge in [-0.15, -0.1) is 0 Å². The normalized spacial score (nSPS) is 17.4. The molecule has 23 heavy (non-hydrogen) atoms. The Bertz CT molecular complexity index is 752. The first-order chi connectivity index (χ1) is 11.1. The third-order valence-electron chi connectivity index (χ3n) is 3.76. The summed E-state index contributed by atoms with van der Waals surface area (Å²) in [4.78, 5) is 26.3. The highest BCUT2D eigenvalue weighted by Crippen LogP contribution is 2.22. The summed E-state index contributed by atoms with van der Waals surface area (Å²) < 4.78 is 13.1. The molecule has 1 unspecified atom stereocenters. The van der Waals surface area contributed by atoms with Crippen LogP contribution in [0.1, 0.15) is 16.8 Å². The molecule has 1 N–H and O–H groups in total. The molecule has 0 bridgehead atoms. The molecular formula is C17H14ClFN2O2. The van der Waals surface area contributed by atoms with Crippen LogP contribution in [0.5, 0.6) is 0 Å². The van der Waals surface area contributed by atoms with Crippen molar-refractivity contribution in [2.45, 2.75) is 12.5 Å². The van der Waals surface area contributed by atoms with E-state index in [1.54, 1.807) is 4.90 Å². The van der Waals surface area contributed by atoms with Crippen molar-refractivity contribution in [3.63, 3.8) is 0 Å². The van der Waals surface area contributed by atoms with Crippen LogP contribution in [0, 0.1) is 5.82 Å². The fourth-order valence-electron chi connectivity index (χ4n) is 2.56. The van der Waals surface area contributed by atoms with Gasteiger partial charge < -0.3 is 10.2 Å². The Hall–Kier alpha value is -2.40. The molecule has 4 nitrogen and oxygen atoms in total. The first kappa shape index (κ1) is 15.5. The van der Waals surface area contributed by atoms with E-state index in [0.717, 1.165) is 11.8 Å². The van der Waals surface area contributed by atoms with Gasteiger partial charge in [-0.05, 0) is 36.8 Å². The molecule has 0 aromatic heterocycles. The van der Waals surface area contributed by atoms with Crippen LogP contribution in [-0.4, -0.2) is 24.4 Å². The summed E-state index contributed by atoms with van der Waals surface area (Å²) in [6.07, 6.45) is 0.522. The predicted molar refractivity (Wildman–Crippen MR) is 86.1 cm³/mol. The maximum absolute atomic E-state index is 13.1. The molecule has 0 spiro atoms. The molecule has 2 amide bonds. The number of para-hydroxylation sites is 1. The molecule has 118 valence electrons. The van der Waals surface area contributed by atoms with Gasteiger partial charge in [0.2, 0.25) is 5.91 Å². The van der Waals surface area contributed by atoms with Crippen LogP contribution in [0.15, 0.2) is 48.5 Å². The van der Waals surface area contributed by atoms with Gasteiger partial charge in [0.05, 0.1) is 5.02 Å². The van der Waals surface area contributed by atoms with E-state index in [9.17, 15) is 14.0 Å². The summed E-state index contributed by atoms with van der Waals surface area (Å²) in [5.41, 5.74) is 1.03. The number of benzene rings is 2. The van der Waals surface area contributed by atoms with E-state index in [4.69, 9.17) is 11.6 Å². The first-order valence-electron chi connectivity index (χ1n) is 7.18. The minimum absolute atomic E-state index is 0.124. The Labute approximate surface area is 137 Å². The molecule has 0 aliphatic carbocycles. The highest BCUT2D eigenvalue weighted by atomic mass is 35.5. The first-order valence-corrected chi connectivity index (χ1v) is 7.56. The maximum Gasteiger partial charge on any atom is 0.251 e. The van der Waals surface area contributed by atoms with Crippen LogP contribution < -0.4 is 10.2 Å². The third-order valence-corrected chi connectivity index (χ3v) is 4.05. The van der Waals surface area contributed by atoms with Crippen molar-refractivity contribution in [1.29, 1.82) is 0 Å². The third kappa shape index (κ3) is 3.19. The highest BCUT2D eigenvalue weighted by Gasteiger charge is 2.33. The fourth-order valence-corrected chi connectivity index (χ4v) is 2.74. The lowest BCUT2D eigenvalue weighted by atomic mass is 10.2. The number of hydrogen-bond donors (Lipinski definition) is 1. The van der Waals surface area contributed by atoms with E-state index in [2.05, 4.69) is 5.32 Å². The number of carbonyl (C=O) groups is 2. The van der Waals surface area contributed by atoms with E-state index in [1.165, 1.54) is 12.1 Å². The molecule has 6 heteroatoms. The predicted octanol–water partition coefficient (Wildman–Crippen LogP) is 3.01. The molecule has 3 rings (SSSR count). The number of carbonyl (C=O) groups excluding carboxylic acids is 2. The summed E-state index contributed by atoms with van der Waals surface area (Å²) in [6, 6.07) is 12.4. The van der Waals surface area contributed by atoms with Crippen molar-refractivity contribution in [3.05, 3.63) is 64.9 Å². The second kappa shape index (κ2) is 6.38. The summed E-state index contributed by atoms with van der Waals surface area (Å²) in [5.74, 6) is -1.19. The van der Waals surface area contributed by atoms with Gasteiger partial charge in [0, 0.05) is 17.8 Å². The minimum atomic E-state index is -0.591. The van der Waals surface area contributed by atoms with Crippen LogP contribution in [-0.2, 0) is 4.79 Å². The molecule has 1 atom stereocenters. The second-order valence-corrected chi connectivity index (χ2v) is 5.68. The zero-order chi connectivity index (χ0) is 16.4. The molecule has 0 radical (unpaired) electrons. The smallest absolute Gasteiger partial charge is 0.251 e. The van der Waals surface area contributed by atoms with Gasteiger partial charge in [-0.2, -0.15) is 0 Å².